The van der Waals surface area contributed by atoms with Crippen LogP contribution in [0.15, 0.2) is 72.8 Å². The molecule has 2 heteroatoms. The zero-order chi connectivity index (χ0) is 38.3. The van der Waals surface area contributed by atoms with Crippen LogP contribution in [0, 0.1) is 0 Å². The van der Waals surface area contributed by atoms with Crippen molar-refractivity contribution in [1.82, 2.24) is 0 Å². The van der Waals surface area contributed by atoms with Crippen molar-refractivity contribution in [2.45, 2.75) is 144 Å². The smallest absolute Gasteiger partial charge is 0.0467 e. The van der Waals surface area contributed by atoms with Crippen LogP contribution in [0.5, 0.6) is 0 Å². The summed E-state index contributed by atoms with van der Waals surface area (Å²) in [7, 11) is 0. The van der Waals surface area contributed by atoms with Crippen molar-refractivity contribution < 1.29 is 0 Å². The summed E-state index contributed by atoms with van der Waals surface area (Å²) in [4.78, 5) is 0. The molecule has 0 saturated carbocycles. The third-order valence-corrected chi connectivity index (χ3v) is 11.1. The first-order chi connectivity index (χ1) is 23.9. The zero-order valence-corrected chi connectivity index (χ0v) is 35.1. The standard InChI is InChI=1S/C50H64N2/c1-29(2)41-27-43(51-35-23-31(47(5,6)7)21-32(24-35)48(8,9)10)39-20-18-38-42(30(3)4)28-44(40-19-17-37(41)45(39)46(38)40)52-36-25-33(49(11,12)13)22-34(26-36)50(14,15)16/h17-30,51-52H,1-16H3. The van der Waals surface area contributed by atoms with Gasteiger partial charge in [-0.3, -0.25) is 0 Å². The van der Waals surface area contributed by atoms with Crippen molar-refractivity contribution in [2.24, 2.45) is 0 Å². The highest BCUT2D eigenvalue weighted by molar-refractivity contribution is 6.28. The number of benzene rings is 6. The van der Waals surface area contributed by atoms with Gasteiger partial charge in [-0.15, -0.1) is 0 Å². The number of hydrogen-bond donors (Lipinski definition) is 2. The lowest BCUT2D eigenvalue weighted by Crippen LogP contribution is -2.17. The van der Waals surface area contributed by atoms with Crippen molar-refractivity contribution in [2.75, 3.05) is 10.6 Å². The minimum absolute atomic E-state index is 0.0418. The van der Waals surface area contributed by atoms with E-state index < -0.39 is 0 Å². The van der Waals surface area contributed by atoms with Gasteiger partial charge in [0.1, 0.15) is 0 Å². The lowest BCUT2D eigenvalue weighted by Gasteiger charge is -2.27. The Morgan fingerprint density at radius 1 is 0.365 bits per heavy atom. The van der Waals surface area contributed by atoms with Gasteiger partial charge in [0.25, 0.3) is 0 Å². The molecular weight excluding hydrogens is 629 g/mol. The molecule has 52 heavy (non-hydrogen) atoms. The summed E-state index contributed by atoms with van der Waals surface area (Å²) in [5.74, 6) is 0.739. The summed E-state index contributed by atoms with van der Waals surface area (Å²) in [5.41, 5.74) is 13.0. The second-order valence-electron chi connectivity index (χ2n) is 20.3. The van der Waals surface area contributed by atoms with Crippen molar-refractivity contribution in [3.63, 3.8) is 0 Å². The highest BCUT2D eigenvalue weighted by atomic mass is 14.9. The van der Waals surface area contributed by atoms with Gasteiger partial charge in [-0.05, 0) is 125 Å². The molecule has 274 valence electrons. The molecule has 0 heterocycles. The Labute approximate surface area is 315 Å². The Hall–Kier alpha value is -4.04. The monoisotopic (exact) mass is 693 g/mol. The predicted molar refractivity (Wildman–Crippen MR) is 233 cm³/mol. The minimum Gasteiger partial charge on any atom is -0.355 e. The Bertz CT molecular complexity index is 2040. The molecule has 0 unspecified atom stereocenters. The van der Waals surface area contributed by atoms with E-state index in [-0.39, 0.29) is 21.7 Å². The van der Waals surface area contributed by atoms with E-state index in [0.29, 0.717) is 11.8 Å². The number of nitrogens with one attached hydrogen (secondary N) is 2. The molecule has 2 nitrogen and oxygen atoms in total. The van der Waals surface area contributed by atoms with E-state index in [1.54, 1.807) is 0 Å². The molecule has 2 N–H and O–H groups in total. The summed E-state index contributed by atoms with van der Waals surface area (Å²) >= 11 is 0. The van der Waals surface area contributed by atoms with Gasteiger partial charge in [0.05, 0.1) is 0 Å². The summed E-state index contributed by atoms with van der Waals surface area (Å²) in [6.45, 7) is 37.1. The molecule has 0 aromatic heterocycles. The third kappa shape index (κ3) is 7.15. The largest absolute Gasteiger partial charge is 0.355 e. The van der Waals surface area contributed by atoms with Crippen LogP contribution >= 0.6 is 0 Å². The summed E-state index contributed by atoms with van der Waals surface area (Å²) < 4.78 is 0. The van der Waals surface area contributed by atoms with Gasteiger partial charge in [-0.2, -0.15) is 0 Å². The number of anilines is 4. The normalized spacial score (nSPS) is 13.3. The summed E-state index contributed by atoms with van der Waals surface area (Å²) in [6.07, 6.45) is 0. The van der Waals surface area contributed by atoms with Gasteiger partial charge in [0.2, 0.25) is 0 Å². The second-order valence-corrected chi connectivity index (χ2v) is 20.3. The van der Waals surface area contributed by atoms with Gasteiger partial charge in [0, 0.05) is 33.5 Å². The predicted octanol–water partition coefficient (Wildman–Crippen LogP) is 15.5. The molecule has 0 saturated heterocycles. The molecule has 0 amide bonds. The molecule has 0 aliphatic rings. The first-order valence-corrected chi connectivity index (χ1v) is 19.6. The quantitative estimate of drug-likeness (QED) is 0.170. The zero-order valence-electron chi connectivity index (χ0n) is 35.1. The van der Waals surface area contributed by atoms with Crippen molar-refractivity contribution in [1.29, 1.82) is 0 Å². The lowest BCUT2D eigenvalue weighted by molar-refractivity contribution is 0.568. The maximum Gasteiger partial charge on any atom is 0.0467 e. The Balaban J connectivity index is 1.63. The second kappa shape index (κ2) is 12.8. The highest BCUT2D eigenvalue weighted by Crippen LogP contribution is 2.47. The topological polar surface area (TPSA) is 24.1 Å². The van der Waals surface area contributed by atoms with Gasteiger partial charge >= 0.3 is 0 Å². The van der Waals surface area contributed by atoms with Crippen LogP contribution in [-0.4, -0.2) is 0 Å². The van der Waals surface area contributed by atoms with Crippen LogP contribution < -0.4 is 10.6 Å². The van der Waals surface area contributed by atoms with E-state index in [2.05, 4.69) is 194 Å². The fourth-order valence-electron chi connectivity index (χ4n) is 7.65. The van der Waals surface area contributed by atoms with Crippen molar-refractivity contribution in [3.8, 4) is 0 Å². The molecule has 0 atom stereocenters. The maximum atomic E-state index is 4.00. The summed E-state index contributed by atoms with van der Waals surface area (Å²) in [6, 6.07) is 28.6. The fraction of sp³-hybridized carbons (Fsp3) is 0.440. The van der Waals surface area contributed by atoms with Crippen molar-refractivity contribution >= 4 is 55.1 Å². The molecule has 0 radical (unpaired) electrons. The average Bonchev–Trinajstić information content (AvgIpc) is 3.02. The fourth-order valence-corrected chi connectivity index (χ4v) is 7.65. The average molecular weight is 693 g/mol. The highest BCUT2D eigenvalue weighted by Gasteiger charge is 2.25. The van der Waals surface area contributed by atoms with Crippen LogP contribution in [-0.2, 0) is 21.7 Å². The molecular formula is C50H64N2. The van der Waals surface area contributed by atoms with Crippen LogP contribution in [0.1, 0.15) is 156 Å². The molecule has 0 spiro atoms. The SMILES string of the molecule is CC(C)c1cc(Nc2cc(C(C)(C)C)cc(C(C)(C)C)c2)c2ccc3c(C(C)C)cc(Nc4cc(C(C)(C)C)cc(C(C)(C)C)c4)c4ccc1c2c43. The van der Waals surface area contributed by atoms with Crippen LogP contribution in [0.2, 0.25) is 0 Å². The Kier molecular flexibility index (Phi) is 9.30. The maximum absolute atomic E-state index is 4.00. The van der Waals surface area contributed by atoms with E-state index >= 15 is 0 Å². The van der Waals surface area contributed by atoms with Crippen LogP contribution in [0.25, 0.3) is 32.3 Å². The van der Waals surface area contributed by atoms with Crippen LogP contribution in [0.4, 0.5) is 22.7 Å². The molecule has 0 aliphatic heterocycles. The van der Waals surface area contributed by atoms with E-state index in [4.69, 9.17) is 0 Å². The van der Waals surface area contributed by atoms with Gasteiger partial charge in [-0.25, -0.2) is 0 Å². The van der Waals surface area contributed by atoms with E-state index in [1.807, 2.05) is 0 Å². The first kappa shape index (κ1) is 37.7. The molecule has 6 aromatic carbocycles. The number of hydrogen-bond acceptors (Lipinski definition) is 2. The Morgan fingerprint density at radius 3 is 0.885 bits per heavy atom. The molecule has 6 rings (SSSR count). The van der Waals surface area contributed by atoms with E-state index in [9.17, 15) is 0 Å². The summed E-state index contributed by atoms with van der Waals surface area (Å²) in [5, 5.41) is 15.9. The van der Waals surface area contributed by atoms with Gasteiger partial charge in [-0.1, -0.05) is 147 Å². The molecule has 0 fully saturated rings. The van der Waals surface area contributed by atoms with Gasteiger partial charge < -0.3 is 10.6 Å². The van der Waals surface area contributed by atoms with Crippen molar-refractivity contribution in [3.05, 3.63) is 106 Å². The number of rotatable bonds is 6. The molecule has 6 aromatic rings. The minimum atomic E-state index is 0.0418. The third-order valence-electron chi connectivity index (χ3n) is 11.1. The first-order valence-electron chi connectivity index (χ1n) is 19.6. The van der Waals surface area contributed by atoms with Crippen LogP contribution in [0.3, 0.4) is 0 Å². The lowest BCUT2D eigenvalue weighted by atomic mass is 9.80. The van der Waals surface area contributed by atoms with Gasteiger partial charge in [0.15, 0.2) is 0 Å². The van der Waals surface area contributed by atoms with E-state index in [1.165, 1.54) is 77.1 Å². The molecule has 0 bridgehead atoms. The van der Waals surface area contributed by atoms with E-state index in [0.717, 1.165) is 11.4 Å². The Morgan fingerprint density at radius 2 is 0.635 bits per heavy atom. The molecule has 0 aliphatic carbocycles.